The predicted molar refractivity (Wildman–Crippen MR) is 97.8 cm³/mol. The van der Waals surface area contributed by atoms with Gasteiger partial charge in [0, 0.05) is 18.2 Å². The summed E-state index contributed by atoms with van der Waals surface area (Å²) in [7, 11) is 0.494. The third-order valence-electron chi connectivity index (χ3n) is 3.70. The number of rotatable bonds is 6. The molecule has 6 nitrogen and oxygen atoms in total. The van der Waals surface area contributed by atoms with E-state index in [0.29, 0.717) is 22.1 Å². The lowest BCUT2D eigenvalue weighted by molar-refractivity contribution is 0.405. The molecule has 0 radical (unpaired) electrons. The molecule has 0 aliphatic rings. The highest BCUT2D eigenvalue weighted by atomic mass is 35.5. The molecule has 0 saturated carbocycles. The van der Waals surface area contributed by atoms with Crippen molar-refractivity contribution in [3.63, 3.8) is 0 Å². The molecule has 8 heteroatoms. The summed E-state index contributed by atoms with van der Waals surface area (Å²) in [6, 6.07) is 6.21. The number of benzene rings is 2. The maximum Gasteiger partial charge on any atom is 0.262 e. The average Bonchev–Trinajstić information content (AvgIpc) is 2.55. The molecule has 0 saturated heterocycles. The van der Waals surface area contributed by atoms with Gasteiger partial charge in [-0.3, -0.25) is 4.72 Å². The minimum atomic E-state index is -3.87. The van der Waals surface area contributed by atoms with Gasteiger partial charge in [-0.15, -0.1) is 0 Å². The summed E-state index contributed by atoms with van der Waals surface area (Å²) in [5, 5.41) is 0.315. The summed E-state index contributed by atoms with van der Waals surface area (Å²) in [4.78, 5) is 0.117. The van der Waals surface area contributed by atoms with Crippen molar-refractivity contribution in [1.29, 1.82) is 0 Å². The number of ether oxygens (including phenoxy) is 3. The topological polar surface area (TPSA) is 73.9 Å². The van der Waals surface area contributed by atoms with Crippen molar-refractivity contribution in [1.82, 2.24) is 0 Å². The number of aryl methyl sites for hydroxylation is 2. The van der Waals surface area contributed by atoms with E-state index in [1.165, 1.54) is 39.5 Å². The summed E-state index contributed by atoms with van der Waals surface area (Å²) >= 11 is 6.05. The number of anilines is 1. The zero-order chi connectivity index (χ0) is 18.8. The molecule has 0 spiro atoms. The molecule has 25 heavy (non-hydrogen) atoms. The second kappa shape index (κ2) is 7.41. The molecule has 136 valence electrons. The molecule has 0 unspecified atom stereocenters. The number of nitrogens with one attached hydrogen (secondary N) is 1. The molecule has 0 aromatic heterocycles. The molecule has 0 fully saturated rings. The van der Waals surface area contributed by atoms with Gasteiger partial charge < -0.3 is 14.2 Å². The fourth-order valence-electron chi connectivity index (χ4n) is 2.46. The van der Waals surface area contributed by atoms with Crippen LogP contribution in [0.3, 0.4) is 0 Å². The molecule has 0 atom stereocenters. The van der Waals surface area contributed by atoms with Gasteiger partial charge in [-0.2, -0.15) is 0 Å². The number of halogens is 1. The Kier molecular flexibility index (Phi) is 5.69. The van der Waals surface area contributed by atoms with Crippen LogP contribution in [0.25, 0.3) is 0 Å². The minimum absolute atomic E-state index is 0.117. The lowest BCUT2D eigenvalue weighted by Gasteiger charge is -2.16. The Morgan fingerprint density at radius 1 is 0.840 bits per heavy atom. The normalized spacial score (nSPS) is 11.1. The fourth-order valence-corrected chi connectivity index (χ4v) is 4.00. The van der Waals surface area contributed by atoms with Crippen molar-refractivity contribution in [2.75, 3.05) is 26.1 Å². The summed E-state index contributed by atoms with van der Waals surface area (Å²) < 4.78 is 43.8. The van der Waals surface area contributed by atoms with Gasteiger partial charge in [0.2, 0.25) is 0 Å². The Balaban J connectivity index is 2.53. The number of sulfonamides is 1. The van der Waals surface area contributed by atoms with Crippen LogP contribution in [0.2, 0.25) is 5.02 Å². The van der Waals surface area contributed by atoms with Gasteiger partial charge >= 0.3 is 0 Å². The van der Waals surface area contributed by atoms with Crippen molar-refractivity contribution in [3.05, 3.63) is 40.4 Å². The maximum absolute atomic E-state index is 12.9. The zero-order valence-electron chi connectivity index (χ0n) is 14.6. The van der Waals surface area contributed by atoms with Crippen LogP contribution in [-0.2, 0) is 10.0 Å². The molecule has 1 N–H and O–H groups in total. The van der Waals surface area contributed by atoms with Crippen molar-refractivity contribution < 1.29 is 22.6 Å². The van der Waals surface area contributed by atoms with Gasteiger partial charge in [-0.1, -0.05) is 17.7 Å². The third-order valence-corrected chi connectivity index (χ3v) is 5.50. The second-order valence-corrected chi connectivity index (χ2v) is 7.44. The number of hydrogen-bond donors (Lipinski definition) is 1. The van der Waals surface area contributed by atoms with Crippen LogP contribution in [-0.4, -0.2) is 29.7 Å². The summed E-state index contributed by atoms with van der Waals surface area (Å²) in [6.07, 6.45) is 0. The molecule has 0 bridgehead atoms. The van der Waals surface area contributed by atoms with Crippen LogP contribution in [0.4, 0.5) is 5.69 Å². The number of methoxy groups -OCH3 is 3. The van der Waals surface area contributed by atoms with E-state index in [0.717, 1.165) is 5.56 Å². The van der Waals surface area contributed by atoms with E-state index >= 15 is 0 Å². The lowest BCUT2D eigenvalue weighted by Crippen LogP contribution is -2.15. The first-order chi connectivity index (χ1) is 11.7. The smallest absolute Gasteiger partial charge is 0.262 e. The van der Waals surface area contributed by atoms with Gasteiger partial charge in [-0.25, -0.2) is 8.42 Å². The molecule has 2 aromatic carbocycles. The molecule has 2 aromatic rings. The molecule has 0 heterocycles. The van der Waals surface area contributed by atoms with Crippen LogP contribution >= 0.6 is 11.6 Å². The van der Waals surface area contributed by atoms with Crippen LogP contribution in [0, 0.1) is 13.8 Å². The van der Waals surface area contributed by atoms with Gasteiger partial charge in [0.05, 0.1) is 36.9 Å². The standard InChI is InChI=1S/C17H20ClNO5S/c1-10-6-11(2)17(9-14(10)22-3)25(20,21)19-13-8-15(23-4)12(18)7-16(13)24-5/h6-9,19H,1-5H3. The highest BCUT2D eigenvalue weighted by molar-refractivity contribution is 7.92. The SMILES string of the molecule is COc1cc(S(=O)(=O)Nc2cc(OC)c(Cl)cc2OC)c(C)cc1C. The Hall–Kier alpha value is -2.12. The van der Waals surface area contributed by atoms with Crippen molar-refractivity contribution >= 4 is 27.3 Å². The Morgan fingerprint density at radius 2 is 1.44 bits per heavy atom. The number of hydrogen-bond acceptors (Lipinski definition) is 5. The monoisotopic (exact) mass is 385 g/mol. The quantitative estimate of drug-likeness (QED) is 0.819. The van der Waals surface area contributed by atoms with E-state index in [-0.39, 0.29) is 16.3 Å². The zero-order valence-corrected chi connectivity index (χ0v) is 16.2. The maximum atomic E-state index is 12.9. The molecule has 2 rings (SSSR count). The van der Waals surface area contributed by atoms with Gasteiger partial charge in [0.15, 0.2) is 0 Å². The van der Waals surface area contributed by atoms with E-state index in [4.69, 9.17) is 25.8 Å². The van der Waals surface area contributed by atoms with E-state index in [9.17, 15) is 8.42 Å². The first-order valence-corrected chi connectivity index (χ1v) is 9.19. The first kappa shape index (κ1) is 19.2. The Labute approximate surface area is 152 Å². The Bertz CT molecular complexity index is 896. The predicted octanol–water partition coefficient (Wildman–Crippen LogP) is 3.78. The summed E-state index contributed by atoms with van der Waals surface area (Å²) in [5.41, 5.74) is 1.68. The Morgan fingerprint density at radius 3 is 2.00 bits per heavy atom. The molecule has 0 aliphatic carbocycles. The molecule has 0 amide bonds. The van der Waals surface area contributed by atoms with E-state index in [1.807, 2.05) is 6.92 Å². The lowest BCUT2D eigenvalue weighted by atomic mass is 10.1. The van der Waals surface area contributed by atoms with Crippen LogP contribution in [0.15, 0.2) is 29.2 Å². The van der Waals surface area contributed by atoms with Crippen LogP contribution < -0.4 is 18.9 Å². The largest absolute Gasteiger partial charge is 0.496 e. The molecule has 0 aliphatic heterocycles. The van der Waals surface area contributed by atoms with Gasteiger partial charge in [-0.05, 0) is 25.0 Å². The molecular formula is C17H20ClNO5S. The second-order valence-electron chi connectivity index (χ2n) is 5.38. The molecular weight excluding hydrogens is 366 g/mol. The summed E-state index contributed by atoms with van der Waals surface area (Å²) in [6.45, 7) is 3.57. The van der Waals surface area contributed by atoms with Gasteiger partial charge in [0.1, 0.15) is 17.2 Å². The van der Waals surface area contributed by atoms with Crippen molar-refractivity contribution in [2.45, 2.75) is 18.7 Å². The van der Waals surface area contributed by atoms with E-state index in [1.54, 1.807) is 13.0 Å². The van der Waals surface area contributed by atoms with E-state index in [2.05, 4.69) is 4.72 Å². The average molecular weight is 386 g/mol. The fraction of sp³-hybridized carbons (Fsp3) is 0.294. The van der Waals surface area contributed by atoms with Crippen LogP contribution in [0.5, 0.6) is 17.2 Å². The van der Waals surface area contributed by atoms with Crippen molar-refractivity contribution in [2.24, 2.45) is 0 Å². The van der Waals surface area contributed by atoms with E-state index < -0.39 is 10.0 Å². The highest BCUT2D eigenvalue weighted by Crippen LogP contribution is 2.37. The third kappa shape index (κ3) is 3.93. The van der Waals surface area contributed by atoms with Gasteiger partial charge in [0.25, 0.3) is 10.0 Å². The van der Waals surface area contributed by atoms with Crippen molar-refractivity contribution in [3.8, 4) is 17.2 Å². The van der Waals surface area contributed by atoms with Crippen LogP contribution in [0.1, 0.15) is 11.1 Å². The minimum Gasteiger partial charge on any atom is -0.496 e. The summed E-state index contributed by atoms with van der Waals surface area (Å²) in [5.74, 6) is 1.11. The first-order valence-electron chi connectivity index (χ1n) is 7.33. The highest BCUT2D eigenvalue weighted by Gasteiger charge is 2.22.